The molecule has 1 atom stereocenters. The standard InChI is InChI=1S/C25H20Cl2N2O4/c1-15(25(31)32)18-5-9-23(19(12-18)14-28)33-21-7-3-17(4-8-21)24(30)29-11-10-16-2-6-20(26)13-22(16)27/h2-9,12-13,15H,10-11H2,1H3,(H,29,30)(H,31,32). The highest BCUT2D eigenvalue weighted by atomic mass is 35.5. The van der Waals surface area contributed by atoms with Crippen LogP contribution in [0.2, 0.25) is 10.0 Å². The lowest BCUT2D eigenvalue weighted by Crippen LogP contribution is -2.25. The van der Waals surface area contributed by atoms with Crippen LogP contribution in [0.3, 0.4) is 0 Å². The smallest absolute Gasteiger partial charge is 0.310 e. The summed E-state index contributed by atoms with van der Waals surface area (Å²) in [5, 5.41) is 22.5. The van der Waals surface area contributed by atoms with Crippen LogP contribution in [0.15, 0.2) is 60.7 Å². The molecule has 0 radical (unpaired) electrons. The molecule has 0 aliphatic rings. The number of hydrogen-bond donors (Lipinski definition) is 2. The van der Waals surface area contributed by atoms with Gasteiger partial charge in [-0.1, -0.05) is 35.3 Å². The van der Waals surface area contributed by atoms with E-state index >= 15 is 0 Å². The largest absolute Gasteiger partial charge is 0.481 e. The summed E-state index contributed by atoms with van der Waals surface area (Å²) in [7, 11) is 0. The molecule has 1 amide bonds. The van der Waals surface area contributed by atoms with Gasteiger partial charge in [-0.05, 0) is 73.0 Å². The maximum Gasteiger partial charge on any atom is 0.310 e. The summed E-state index contributed by atoms with van der Waals surface area (Å²) < 4.78 is 5.77. The van der Waals surface area contributed by atoms with Crippen molar-refractivity contribution >= 4 is 35.1 Å². The van der Waals surface area contributed by atoms with Gasteiger partial charge < -0.3 is 15.2 Å². The number of carbonyl (C=O) groups excluding carboxylic acids is 1. The number of carboxylic acid groups (broad SMARTS) is 1. The van der Waals surface area contributed by atoms with E-state index in [1.54, 1.807) is 55.5 Å². The van der Waals surface area contributed by atoms with Crippen molar-refractivity contribution in [3.8, 4) is 17.6 Å². The van der Waals surface area contributed by atoms with E-state index in [2.05, 4.69) is 5.32 Å². The predicted octanol–water partition coefficient (Wildman–Crippen LogP) is 5.82. The minimum absolute atomic E-state index is 0.225. The molecule has 1 unspecified atom stereocenters. The SMILES string of the molecule is CC(C(=O)O)c1ccc(Oc2ccc(C(=O)NCCc3ccc(Cl)cc3Cl)cc2)c(C#N)c1. The third-order valence-corrected chi connectivity index (χ3v) is 5.62. The van der Waals surface area contributed by atoms with Crippen molar-refractivity contribution in [3.05, 3.63) is 93.0 Å². The Balaban J connectivity index is 1.61. The van der Waals surface area contributed by atoms with E-state index in [1.807, 2.05) is 12.1 Å². The molecule has 0 fully saturated rings. The number of carboxylic acids is 1. The Labute approximate surface area is 201 Å². The van der Waals surface area contributed by atoms with Gasteiger partial charge in [0.25, 0.3) is 5.91 Å². The molecule has 0 spiro atoms. The molecule has 0 aliphatic carbocycles. The molecular formula is C25H20Cl2N2O4. The van der Waals surface area contributed by atoms with Gasteiger partial charge in [0.2, 0.25) is 0 Å². The third-order valence-electron chi connectivity index (χ3n) is 5.03. The average Bonchev–Trinajstić information content (AvgIpc) is 2.80. The van der Waals surface area contributed by atoms with Crippen molar-refractivity contribution in [2.24, 2.45) is 0 Å². The number of nitrogens with zero attached hydrogens (tertiary/aromatic N) is 1. The van der Waals surface area contributed by atoms with E-state index in [9.17, 15) is 14.9 Å². The number of hydrogen-bond acceptors (Lipinski definition) is 4. The van der Waals surface area contributed by atoms with E-state index in [1.165, 1.54) is 6.07 Å². The second-order valence-electron chi connectivity index (χ2n) is 7.30. The fourth-order valence-electron chi connectivity index (χ4n) is 3.07. The van der Waals surface area contributed by atoms with Crippen molar-refractivity contribution in [1.82, 2.24) is 5.32 Å². The average molecular weight is 483 g/mol. The Bertz CT molecular complexity index is 1220. The van der Waals surface area contributed by atoms with Crippen LogP contribution in [0, 0.1) is 11.3 Å². The second kappa shape index (κ2) is 10.9. The topological polar surface area (TPSA) is 99.4 Å². The molecule has 3 aromatic carbocycles. The lowest BCUT2D eigenvalue weighted by molar-refractivity contribution is -0.138. The van der Waals surface area contributed by atoms with Crippen LogP contribution in [0.5, 0.6) is 11.5 Å². The van der Waals surface area contributed by atoms with Crippen molar-refractivity contribution in [1.29, 1.82) is 5.26 Å². The van der Waals surface area contributed by atoms with Gasteiger partial charge in [-0.3, -0.25) is 9.59 Å². The minimum atomic E-state index is -0.974. The number of rotatable bonds is 8. The number of nitrogens with one attached hydrogen (secondary N) is 1. The van der Waals surface area contributed by atoms with Crippen LogP contribution in [-0.2, 0) is 11.2 Å². The summed E-state index contributed by atoms with van der Waals surface area (Å²) in [4.78, 5) is 23.6. The highest BCUT2D eigenvalue weighted by Gasteiger charge is 2.16. The molecule has 0 saturated heterocycles. The summed E-state index contributed by atoms with van der Waals surface area (Å²) in [6.45, 7) is 1.96. The van der Waals surface area contributed by atoms with Crippen LogP contribution < -0.4 is 10.1 Å². The lowest BCUT2D eigenvalue weighted by Gasteiger charge is -2.12. The van der Waals surface area contributed by atoms with Gasteiger partial charge in [-0.15, -0.1) is 0 Å². The van der Waals surface area contributed by atoms with Crippen LogP contribution in [0.4, 0.5) is 0 Å². The van der Waals surface area contributed by atoms with Gasteiger partial charge in [0.15, 0.2) is 0 Å². The summed E-state index contributed by atoms with van der Waals surface area (Å²) >= 11 is 12.0. The molecule has 6 nitrogen and oxygen atoms in total. The molecule has 0 saturated carbocycles. The minimum Gasteiger partial charge on any atom is -0.481 e. The molecule has 0 aromatic heterocycles. The number of halogens is 2. The lowest BCUT2D eigenvalue weighted by atomic mass is 9.99. The van der Waals surface area contributed by atoms with Gasteiger partial charge in [0.1, 0.15) is 17.6 Å². The Kier molecular flexibility index (Phi) is 7.94. The molecular weight excluding hydrogens is 463 g/mol. The molecule has 0 bridgehead atoms. The molecule has 8 heteroatoms. The maximum atomic E-state index is 12.4. The summed E-state index contributed by atoms with van der Waals surface area (Å²) in [5.41, 5.74) is 2.08. The zero-order chi connectivity index (χ0) is 24.0. The normalized spacial score (nSPS) is 11.3. The highest BCUT2D eigenvalue weighted by Crippen LogP contribution is 2.28. The Hall–Kier alpha value is -3.53. The zero-order valence-electron chi connectivity index (χ0n) is 17.6. The Morgan fingerprint density at radius 1 is 1.09 bits per heavy atom. The van der Waals surface area contributed by atoms with Gasteiger partial charge in [-0.2, -0.15) is 5.26 Å². The number of ether oxygens (including phenoxy) is 1. The van der Waals surface area contributed by atoms with Gasteiger partial charge in [0.05, 0.1) is 11.5 Å². The van der Waals surface area contributed by atoms with E-state index < -0.39 is 11.9 Å². The van der Waals surface area contributed by atoms with Crippen molar-refractivity contribution < 1.29 is 19.4 Å². The number of carbonyl (C=O) groups is 2. The first-order chi connectivity index (χ1) is 15.8. The van der Waals surface area contributed by atoms with Crippen molar-refractivity contribution in [3.63, 3.8) is 0 Å². The Morgan fingerprint density at radius 3 is 2.45 bits per heavy atom. The first-order valence-corrected chi connectivity index (χ1v) is 10.8. The van der Waals surface area contributed by atoms with E-state index in [4.69, 9.17) is 33.0 Å². The summed E-state index contributed by atoms with van der Waals surface area (Å²) in [6, 6.07) is 18.4. The Morgan fingerprint density at radius 2 is 1.82 bits per heavy atom. The maximum absolute atomic E-state index is 12.4. The summed E-state index contributed by atoms with van der Waals surface area (Å²) in [5.74, 6) is -1.21. The fraction of sp³-hybridized carbons (Fsp3) is 0.160. The number of benzene rings is 3. The van der Waals surface area contributed by atoms with Crippen molar-refractivity contribution in [2.75, 3.05) is 6.54 Å². The van der Waals surface area contributed by atoms with Gasteiger partial charge >= 0.3 is 5.97 Å². The molecule has 0 heterocycles. The molecule has 2 N–H and O–H groups in total. The highest BCUT2D eigenvalue weighted by molar-refractivity contribution is 6.35. The molecule has 33 heavy (non-hydrogen) atoms. The second-order valence-corrected chi connectivity index (χ2v) is 8.14. The quantitative estimate of drug-likeness (QED) is 0.421. The first kappa shape index (κ1) is 24.1. The van der Waals surface area contributed by atoms with Crippen LogP contribution in [0.1, 0.15) is 39.9 Å². The van der Waals surface area contributed by atoms with E-state index in [0.717, 1.165) is 5.56 Å². The van der Waals surface area contributed by atoms with Crippen LogP contribution in [-0.4, -0.2) is 23.5 Å². The van der Waals surface area contributed by atoms with Crippen LogP contribution >= 0.6 is 23.2 Å². The van der Waals surface area contributed by atoms with Crippen LogP contribution in [0.25, 0.3) is 0 Å². The van der Waals surface area contributed by atoms with Crippen molar-refractivity contribution in [2.45, 2.75) is 19.3 Å². The third kappa shape index (κ3) is 6.26. The molecule has 0 aliphatic heterocycles. The number of amides is 1. The van der Waals surface area contributed by atoms with Gasteiger partial charge in [-0.25, -0.2) is 0 Å². The predicted molar refractivity (Wildman–Crippen MR) is 126 cm³/mol. The molecule has 3 rings (SSSR count). The summed E-state index contributed by atoms with van der Waals surface area (Å²) in [6.07, 6.45) is 0.566. The number of aliphatic carboxylic acids is 1. The van der Waals surface area contributed by atoms with Gasteiger partial charge in [0, 0.05) is 22.2 Å². The number of nitriles is 1. The fourth-order valence-corrected chi connectivity index (χ4v) is 3.58. The first-order valence-electron chi connectivity index (χ1n) is 10.1. The molecule has 168 valence electrons. The molecule has 3 aromatic rings. The van der Waals surface area contributed by atoms with E-state index in [-0.39, 0.29) is 11.5 Å². The van der Waals surface area contributed by atoms with E-state index in [0.29, 0.717) is 45.6 Å². The monoisotopic (exact) mass is 482 g/mol. The zero-order valence-corrected chi connectivity index (χ0v) is 19.2.